The number of nitrogen functional groups attached to an aromatic ring is 1. The number of hydrogen-bond donors (Lipinski definition) is 2. The van der Waals surface area contributed by atoms with Crippen molar-refractivity contribution in [3.63, 3.8) is 0 Å². The Balaban J connectivity index is 2.66. The molecule has 0 aliphatic heterocycles. The van der Waals surface area contributed by atoms with Crippen molar-refractivity contribution in [1.29, 1.82) is 0 Å². The third kappa shape index (κ3) is 1.70. The quantitative estimate of drug-likeness (QED) is 0.790. The highest BCUT2D eigenvalue weighted by Gasteiger charge is 2.15. The van der Waals surface area contributed by atoms with Gasteiger partial charge in [-0.2, -0.15) is 0 Å². The van der Waals surface area contributed by atoms with Gasteiger partial charge in [-0.25, -0.2) is 9.78 Å². The Morgan fingerprint density at radius 3 is 2.75 bits per heavy atom. The van der Waals surface area contributed by atoms with E-state index >= 15 is 0 Å². The second kappa shape index (κ2) is 3.98. The fourth-order valence-electron chi connectivity index (χ4n) is 1.47. The van der Waals surface area contributed by atoms with Crippen molar-refractivity contribution in [2.75, 3.05) is 5.73 Å². The monoisotopic (exact) mass is 215 g/mol. The van der Waals surface area contributed by atoms with Crippen LogP contribution in [0.4, 0.5) is 5.82 Å². The Kier molecular flexibility index (Phi) is 2.51. The molecule has 0 bridgehead atoms. The van der Waals surface area contributed by atoms with E-state index < -0.39 is 5.97 Å². The van der Waals surface area contributed by atoms with E-state index in [-0.39, 0.29) is 11.4 Å². The van der Waals surface area contributed by atoms with E-state index in [9.17, 15) is 4.79 Å². The maximum absolute atomic E-state index is 11.1. The van der Waals surface area contributed by atoms with E-state index in [2.05, 4.69) is 9.97 Å². The maximum atomic E-state index is 11.1. The van der Waals surface area contributed by atoms with E-state index in [0.717, 1.165) is 0 Å². The fraction of sp³-hybridized carbons (Fsp3) is 0. The highest BCUT2D eigenvalue weighted by Crippen LogP contribution is 2.25. The predicted molar refractivity (Wildman–Crippen MR) is 58.8 cm³/mol. The highest BCUT2D eigenvalue weighted by molar-refractivity contribution is 6.00. The molecule has 5 nitrogen and oxygen atoms in total. The molecule has 0 atom stereocenters. The van der Waals surface area contributed by atoms with Crippen LogP contribution in [0.2, 0.25) is 0 Å². The van der Waals surface area contributed by atoms with E-state index in [1.54, 1.807) is 30.6 Å². The zero-order valence-electron chi connectivity index (χ0n) is 8.29. The van der Waals surface area contributed by atoms with Gasteiger partial charge in [0.05, 0.1) is 0 Å². The molecule has 80 valence electrons. The molecule has 2 aromatic rings. The van der Waals surface area contributed by atoms with Crippen molar-refractivity contribution in [3.8, 4) is 11.1 Å². The first-order chi connectivity index (χ1) is 7.70. The first-order valence-corrected chi connectivity index (χ1v) is 4.58. The van der Waals surface area contributed by atoms with Crippen molar-refractivity contribution < 1.29 is 9.90 Å². The van der Waals surface area contributed by atoms with Crippen LogP contribution in [0, 0.1) is 0 Å². The van der Waals surface area contributed by atoms with Crippen LogP contribution in [0.15, 0.2) is 36.8 Å². The molecule has 0 aliphatic rings. The molecule has 0 amide bonds. The molecule has 2 heterocycles. The third-order valence-corrected chi connectivity index (χ3v) is 2.17. The Hall–Kier alpha value is -2.43. The van der Waals surface area contributed by atoms with Gasteiger partial charge in [-0.05, 0) is 12.1 Å². The minimum absolute atomic E-state index is 0.00820. The Labute approximate surface area is 91.6 Å². The smallest absolute Gasteiger partial charge is 0.340 e. The van der Waals surface area contributed by atoms with E-state index in [1.807, 2.05) is 0 Å². The summed E-state index contributed by atoms with van der Waals surface area (Å²) in [6.45, 7) is 0. The summed E-state index contributed by atoms with van der Waals surface area (Å²) in [6, 6.07) is 5.11. The van der Waals surface area contributed by atoms with Crippen molar-refractivity contribution in [1.82, 2.24) is 9.97 Å². The normalized spacial score (nSPS) is 10.0. The van der Waals surface area contributed by atoms with Gasteiger partial charge in [-0.1, -0.05) is 6.07 Å². The van der Waals surface area contributed by atoms with Crippen molar-refractivity contribution >= 4 is 11.8 Å². The summed E-state index contributed by atoms with van der Waals surface area (Å²) in [6.07, 6.45) is 4.68. The van der Waals surface area contributed by atoms with Crippen molar-refractivity contribution in [3.05, 3.63) is 42.4 Å². The van der Waals surface area contributed by atoms with Gasteiger partial charge in [-0.15, -0.1) is 0 Å². The second-order valence-corrected chi connectivity index (χ2v) is 3.17. The number of rotatable bonds is 2. The number of aromatic carboxylic acids is 1. The van der Waals surface area contributed by atoms with Crippen LogP contribution in [0.1, 0.15) is 10.4 Å². The molecule has 0 saturated carbocycles. The summed E-state index contributed by atoms with van der Waals surface area (Å²) in [5, 5.41) is 9.07. The number of hydrogen-bond acceptors (Lipinski definition) is 4. The lowest BCUT2D eigenvalue weighted by atomic mass is 10.0. The minimum Gasteiger partial charge on any atom is -0.478 e. The van der Waals surface area contributed by atoms with Gasteiger partial charge in [0.25, 0.3) is 0 Å². The van der Waals surface area contributed by atoms with Gasteiger partial charge in [0, 0.05) is 29.7 Å². The van der Waals surface area contributed by atoms with Crippen LogP contribution < -0.4 is 5.73 Å². The highest BCUT2D eigenvalue weighted by atomic mass is 16.4. The van der Waals surface area contributed by atoms with Gasteiger partial charge >= 0.3 is 5.97 Å². The number of carboxylic acids is 1. The summed E-state index contributed by atoms with van der Waals surface area (Å²) in [7, 11) is 0. The standard InChI is InChI=1S/C11H9N3O2/c12-10-9(11(15)16)8(3-5-14-10)7-2-1-4-13-6-7/h1-6H,(H2,12,14)(H,15,16). The Bertz CT molecular complexity index is 526. The van der Waals surface area contributed by atoms with Gasteiger partial charge < -0.3 is 10.8 Å². The number of anilines is 1. The summed E-state index contributed by atoms with van der Waals surface area (Å²) in [5.41, 5.74) is 6.78. The van der Waals surface area contributed by atoms with Gasteiger partial charge in [0.1, 0.15) is 11.4 Å². The summed E-state index contributed by atoms with van der Waals surface area (Å²) >= 11 is 0. The van der Waals surface area contributed by atoms with Crippen LogP contribution in [0.25, 0.3) is 11.1 Å². The molecule has 0 radical (unpaired) electrons. The molecule has 0 saturated heterocycles. The minimum atomic E-state index is -1.09. The van der Waals surface area contributed by atoms with Gasteiger partial charge in [0.15, 0.2) is 0 Å². The Morgan fingerprint density at radius 1 is 1.31 bits per heavy atom. The molecular formula is C11H9N3O2. The topological polar surface area (TPSA) is 89.1 Å². The maximum Gasteiger partial charge on any atom is 0.340 e. The molecule has 2 rings (SSSR count). The van der Waals surface area contributed by atoms with E-state index in [0.29, 0.717) is 11.1 Å². The number of carbonyl (C=O) groups is 1. The van der Waals surface area contributed by atoms with Crippen molar-refractivity contribution in [2.24, 2.45) is 0 Å². The number of carboxylic acid groups (broad SMARTS) is 1. The summed E-state index contributed by atoms with van der Waals surface area (Å²) in [5.74, 6) is -1.08. The summed E-state index contributed by atoms with van der Waals surface area (Å²) < 4.78 is 0. The molecule has 3 N–H and O–H groups in total. The second-order valence-electron chi connectivity index (χ2n) is 3.17. The predicted octanol–water partition coefficient (Wildman–Crippen LogP) is 1.42. The lowest BCUT2D eigenvalue weighted by Crippen LogP contribution is -2.06. The fourth-order valence-corrected chi connectivity index (χ4v) is 1.47. The van der Waals surface area contributed by atoms with Crippen molar-refractivity contribution in [2.45, 2.75) is 0 Å². The number of aromatic nitrogens is 2. The molecule has 0 fully saturated rings. The van der Waals surface area contributed by atoms with Crippen LogP contribution in [0.5, 0.6) is 0 Å². The average molecular weight is 215 g/mol. The number of pyridine rings is 2. The van der Waals surface area contributed by atoms with Crippen LogP contribution >= 0.6 is 0 Å². The average Bonchev–Trinajstić information content (AvgIpc) is 2.29. The number of nitrogens with zero attached hydrogens (tertiary/aromatic N) is 2. The third-order valence-electron chi connectivity index (χ3n) is 2.17. The molecular weight excluding hydrogens is 206 g/mol. The lowest BCUT2D eigenvalue weighted by molar-refractivity contribution is 0.0698. The van der Waals surface area contributed by atoms with E-state index in [1.165, 1.54) is 6.20 Å². The first-order valence-electron chi connectivity index (χ1n) is 4.58. The molecule has 16 heavy (non-hydrogen) atoms. The zero-order chi connectivity index (χ0) is 11.5. The largest absolute Gasteiger partial charge is 0.478 e. The molecule has 0 unspecified atom stereocenters. The van der Waals surface area contributed by atoms with Crippen LogP contribution in [-0.2, 0) is 0 Å². The first kappa shape index (κ1) is 10.1. The molecule has 2 aromatic heterocycles. The molecule has 0 spiro atoms. The summed E-state index contributed by atoms with van der Waals surface area (Å²) in [4.78, 5) is 18.8. The molecule has 5 heteroatoms. The molecule has 0 aliphatic carbocycles. The van der Waals surface area contributed by atoms with Gasteiger partial charge in [0.2, 0.25) is 0 Å². The SMILES string of the molecule is Nc1nccc(-c2cccnc2)c1C(=O)O. The van der Waals surface area contributed by atoms with Gasteiger partial charge in [-0.3, -0.25) is 4.98 Å². The van der Waals surface area contributed by atoms with Crippen LogP contribution in [0.3, 0.4) is 0 Å². The Morgan fingerprint density at radius 2 is 2.12 bits per heavy atom. The number of nitrogens with two attached hydrogens (primary N) is 1. The lowest BCUT2D eigenvalue weighted by Gasteiger charge is -2.07. The zero-order valence-corrected chi connectivity index (χ0v) is 8.29. The van der Waals surface area contributed by atoms with Crippen LogP contribution in [-0.4, -0.2) is 21.0 Å². The van der Waals surface area contributed by atoms with E-state index in [4.69, 9.17) is 10.8 Å². The molecule has 0 aromatic carbocycles.